The van der Waals surface area contributed by atoms with Crippen molar-refractivity contribution in [2.45, 2.75) is 0 Å². The molecule has 0 atom stereocenters. The Morgan fingerprint density at radius 3 is 2.50 bits per heavy atom. The second kappa shape index (κ2) is 6.76. The molecule has 3 rings (SSSR count). The predicted octanol–water partition coefficient (Wildman–Crippen LogP) is 3.70. The highest BCUT2D eigenvalue weighted by Crippen LogP contribution is 2.29. The van der Waals surface area contributed by atoms with Gasteiger partial charge in [-0.1, -0.05) is 28.9 Å². The molecule has 2 aromatic carbocycles. The summed E-state index contributed by atoms with van der Waals surface area (Å²) in [6.07, 6.45) is 1.70. The molecule has 24 heavy (non-hydrogen) atoms. The molecule has 5 nitrogen and oxygen atoms in total. The minimum atomic E-state index is -0.525. The van der Waals surface area contributed by atoms with Gasteiger partial charge in [0.05, 0.1) is 19.8 Å². The van der Waals surface area contributed by atoms with Crippen LogP contribution in [-0.4, -0.2) is 25.9 Å². The van der Waals surface area contributed by atoms with Crippen molar-refractivity contribution in [3.8, 4) is 11.5 Å². The molecule has 0 fully saturated rings. The molecule has 0 unspecified atom stereocenters. The highest BCUT2D eigenvalue weighted by molar-refractivity contribution is 6.34. The summed E-state index contributed by atoms with van der Waals surface area (Å²) in [4.78, 5) is 16.9. The number of ether oxygens (including phenoxy) is 2. The predicted molar refractivity (Wildman–Crippen MR) is 91.6 cm³/mol. The fraction of sp³-hybridized carbons (Fsp3) is 0.111. The smallest absolute Gasteiger partial charge is 0.368 e. The van der Waals surface area contributed by atoms with Crippen LogP contribution in [0.25, 0.3) is 6.08 Å². The average molecular weight is 344 g/mol. The van der Waals surface area contributed by atoms with Crippen LogP contribution in [0, 0.1) is 0 Å². The number of nitrogens with zero attached hydrogens (tertiary/aromatic N) is 1. The first kappa shape index (κ1) is 16.1. The Morgan fingerprint density at radius 1 is 1.08 bits per heavy atom. The monoisotopic (exact) mass is 343 g/mol. The highest BCUT2D eigenvalue weighted by Gasteiger charge is 2.29. The lowest BCUT2D eigenvalue weighted by Gasteiger charge is -2.08. The van der Waals surface area contributed by atoms with Crippen molar-refractivity contribution in [2.24, 2.45) is 5.16 Å². The van der Waals surface area contributed by atoms with Crippen LogP contribution in [0.3, 0.4) is 0 Å². The summed E-state index contributed by atoms with van der Waals surface area (Å²) in [5.41, 5.74) is 2.13. The van der Waals surface area contributed by atoms with Gasteiger partial charge >= 0.3 is 5.97 Å². The molecule has 6 heteroatoms. The molecule has 0 aromatic heterocycles. The number of oxime groups is 1. The van der Waals surface area contributed by atoms with Gasteiger partial charge in [-0.2, -0.15) is 0 Å². The zero-order valence-corrected chi connectivity index (χ0v) is 13.8. The van der Waals surface area contributed by atoms with Gasteiger partial charge in [0.15, 0.2) is 0 Å². The average Bonchev–Trinajstić information content (AvgIpc) is 2.96. The summed E-state index contributed by atoms with van der Waals surface area (Å²) in [7, 11) is 3.13. The van der Waals surface area contributed by atoms with E-state index < -0.39 is 5.97 Å². The number of methoxy groups -OCH3 is 2. The van der Waals surface area contributed by atoms with E-state index in [0.29, 0.717) is 27.6 Å². The van der Waals surface area contributed by atoms with Crippen LogP contribution in [0.2, 0.25) is 5.02 Å². The Hall–Kier alpha value is -2.79. The van der Waals surface area contributed by atoms with Crippen molar-refractivity contribution >= 4 is 29.4 Å². The van der Waals surface area contributed by atoms with Crippen LogP contribution in [0.1, 0.15) is 11.1 Å². The lowest BCUT2D eigenvalue weighted by Crippen LogP contribution is -2.08. The normalized spacial score (nSPS) is 15.2. The molecule has 1 heterocycles. The summed E-state index contributed by atoms with van der Waals surface area (Å²) in [6.45, 7) is 0. The lowest BCUT2D eigenvalue weighted by atomic mass is 10.00. The minimum absolute atomic E-state index is 0.334. The quantitative estimate of drug-likeness (QED) is 0.627. The van der Waals surface area contributed by atoms with E-state index >= 15 is 0 Å². The Balaban J connectivity index is 2.03. The summed E-state index contributed by atoms with van der Waals surface area (Å²) in [5, 5.41) is 4.39. The Bertz CT molecular complexity index is 841. The lowest BCUT2D eigenvalue weighted by molar-refractivity contribution is -0.136. The van der Waals surface area contributed by atoms with Gasteiger partial charge < -0.3 is 14.3 Å². The standard InChI is InChI=1S/C18H14ClNO4/c1-22-13-6-3-11(4-7-13)9-15-17(20-24-18(15)21)14-10-12(19)5-8-16(14)23-2/h3-10H,1-2H3/b15-9-. The summed E-state index contributed by atoms with van der Waals surface area (Å²) in [6, 6.07) is 12.4. The van der Waals surface area contributed by atoms with Crippen molar-refractivity contribution in [1.82, 2.24) is 0 Å². The van der Waals surface area contributed by atoms with Crippen molar-refractivity contribution in [3.63, 3.8) is 0 Å². The number of hydrogen-bond donors (Lipinski definition) is 0. The molecule has 0 N–H and O–H groups in total. The van der Waals surface area contributed by atoms with Gasteiger partial charge in [-0.15, -0.1) is 0 Å². The summed E-state index contributed by atoms with van der Waals surface area (Å²) >= 11 is 6.06. The third kappa shape index (κ3) is 3.12. The Labute approximate surface area is 144 Å². The SMILES string of the molecule is COc1ccc(/C=C2\C(=O)ON=C2c2cc(Cl)ccc2OC)cc1. The maximum absolute atomic E-state index is 12.1. The zero-order chi connectivity index (χ0) is 17.1. The van der Waals surface area contributed by atoms with Gasteiger partial charge in [0.1, 0.15) is 17.2 Å². The van der Waals surface area contributed by atoms with E-state index in [1.165, 1.54) is 7.11 Å². The molecule has 0 radical (unpaired) electrons. The largest absolute Gasteiger partial charge is 0.497 e. The number of rotatable bonds is 4. The van der Waals surface area contributed by atoms with Gasteiger partial charge in [0.2, 0.25) is 0 Å². The first-order valence-corrected chi connectivity index (χ1v) is 7.49. The van der Waals surface area contributed by atoms with Crippen LogP contribution in [0.4, 0.5) is 0 Å². The third-order valence-electron chi connectivity index (χ3n) is 3.54. The number of benzene rings is 2. The van der Waals surface area contributed by atoms with Crippen molar-refractivity contribution in [2.75, 3.05) is 14.2 Å². The number of hydrogen-bond acceptors (Lipinski definition) is 5. The van der Waals surface area contributed by atoms with Gasteiger partial charge in [-0.3, -0.25) is 0 Å². The molecule has 0 saturated heterocycles. The van der Waals surface area contributed by atoms with E-state index in [-0.39, 0.29) is 0 Å². The van der Waals surface area contributed by atoms with Crippen molar-refractivity contribution < 1.29 is 19.1 Å². The van der Waals surface area contributed by atoms with Crippen LogP contribution >= 0.6 is 11.6 Å². The second-order valence-corrected chi connectivity index (χ2v) is 5.43. The summed E-state index contributed by atoms with van der Waals surface area (Å²) in [5.74, 6) is 0.761. The first-order valence-electron chi connectivity index (χ1n) is 7.11. The number of carbonyl (C=O) groups is 1. The number of carbonyl (C=O) groups excluding carboxylic acids is 1. The molecule has 1 aliphatic rings. The molecule has 1 aliphatic heterocycles. The maximum atomic E-state index is 12.1. The van der Waals surface area contributed by atoms with Crippen molar-refractivity contribution in [1.29, 1.82) is 0 Å². The van der Waals surface area contributed by atoms with E-state index in [4.69, 9.17) is 25.9 Å². The topological polar surface area (TPSA) is 57.1 Å². The Morgan fingerprint density at radius 2 is 1.83 bits per heavy atom. The van der Waals surface area contributed by atoms with Crippen molar-refractivity contribution in [3.05, 3.63) is 64.2 Å². The van der Waals surface area contributed by atoms with Crippen LogP contribution in [0.5, 0.6) is 11.5 Å². The van der Waals surface area contributed by atoms with Gasteiger partial charge in [-0.05, 0) is 42.0 Å². The minimum Gasteiger partial charge on any atom is -0.497 e. The van der Waals surface area contributed by atoms with E-state index in [1.54, 1.807) is 31.4 Å². The molecule has 0 bridgehead atoms. The molecule has 2 aromatic rings. The van der Waals surface area contributed by atoms with E-state index in [9.17, 15) is 4.79 Å². The van der Waals surface area contributed by atoms with Crippen LogP contribution in [-0.2, 0) is 9.63 Å². The molecule has 0 saturated carbocycles. The van der Waals surface area contributed by atoms with Gasteiger partial charge in [0, 0.05) is 10.6 Å². The van der Waals surface area contributed by atoms with E-state index in [2.05, 4.69) is 5.16 Å². The van der Waals surface area contributed by atoms with Crippen LogP contribution < -0.4 is 9.47 Å². The Kier molecular flexibility index (Phi) is 4.53. The molecular formula is C18H14ClNO4. The van der Waals surface area contributed by atoms with E-state index in [0.717, 1.165) is 11.3 Å². The maximum Gasteiger partial charge on any atom is 0.368 e. The molecule has 122 valence electrons. The third-order valence-corrected chi connectivity index (χ3v) is 3.77. The number of halogens is 1. The molecular weight excluding hydrogens is 330 g/mol. The molecule has 0 spiro atoms. The molecule has 0 amide bonds. The zero-order valence-electron chi connectivity index (χ0n) is 13.1. The summed E-state index contributed by atoms with van der Waals surface area (Å²) < 4.78 is 10.5. The first-order chi connectivity index (χ1) is 11.6. The fourth-order valence-electron chi connectivity index (χ4n) is 2.34. The highest BCUT2D eigenvalue weighted by atomic mass is 35.5. The fourth-order valence-corrected chi connectivity index (χ4v) is 2.51. The van der Waals surface area contributed by atoms with Gasteiger partial charge in [0.25, 0.3) is 0 Å². The van der Waals surface area contributed by atoms with Gasteiger partial charge in [-0.25, -0.2) is 4.79 Å². The molecule has 0 aliphatic carbocycles. The van der Waals surface area contributed by atoms with E-state index in [1.807, 2.05) is 24.3 Å². The van der Waals surface area contributed by atoms with Crippen LogP contribution in [0.15, 0.2) is 53.2 Å². The second-order valence-electron chi connectivity index (χ2n) is 4.99.